The number of fused-ring (bicyclic) bond motifs is 1. The smallest absolute Gasteiger partial charge is 0.262 e. The van der Waals surface area contributed by atoms with Gasteiger partial charge in [-0.1, -0.05) is 42.5 Å². The summed E-state index contributed by atoms with van der Waals surface area (Å²) in [6.45, 7) is 0. The Kier molecular flexibility index (Phi) is 5.21. The van der Waals surface area contributed by atoms with Gasteiger partial charge in [-0.05, 0) is 35.2 Å². The van der Waals surface area contributed by atoms with Crippen LogP contribution in [0.5, 0.6) is 0 Å². The lowest BCUT2D eigenvalue weighted by Gasteiger charge is -2.18. The van der Waals surface area contributed by atoms with Crippen molar-refractivity contribution in [1.82, 2.24) is 10.3 Å². The topological polar surface area (TPSA) is 74.0 Å². The molecule has 4 aromatic rings. The number of carbonyl (C=O) groups is 2. The van der Waals surface area contributed by atoms with Gasteiger partial charge in [-0.2, -0.15) is 0 Å². The number of rotatable bonds is 6. The minimum atomic E-state index is -0.700. The Bertz CT molecular complexity index is 1090. The zero-order chi connectivity index (χ0) is 19.3. The molecule has 2 aromatic heterocycles. The van der Waals surface area contributed by atoms with Crippen molar-refractivity contribution in [2.75, 3.05) is 5.32 Å². The minimum Gasteiger partial charge on any atom is -0.361 e. The van der Waals surface area contributed by atoms with Crippen molar-refractivity contribution in [3.05, 3.63) is 88.7 Å². The van der Waals surface area contributed by atoms with Gasteiger partial charge < -0.3 is 15.6 Å². The normalized spacial score (nSPS) is 11.9. The lowest BCUT2D eigenvalue weighted by atomic mass is 10.0. The summed E-state index contributed by atoms with van der Waals surface area (Å²) in [5.41, 5.74) is 2.68. The average molecular weight is 389 g/mol. The van der Waals surface area contributed by atoms with Crippen molar-refractivity contribution >= 4 is 39.7 Å². The molecular formula is C22H19N3O2S. The summed E-state index contributed by atoms with van der Waals surface area (Å²) < 4.78 is 0. The SMILES string of the molecule is O=C(N[C@H](Cc1c[nH]c2ccccc12)C(=O)Nc1ccccc1)c1cccs1. The maximum atomic E-state index is 12.9. The maximum absolute atomic E-state index is 12.9. The first-order valence-corrected chi connectivity index (χ1v) is 9.84. The fraction of sp³-hybridized carbons (Fsp3) is 0.0909. The van der Waals surface area contributed by atoms with Gasteiger partial charge >= 0.3 is 0 Å². The molecule has 0 unspecified atom stereocenters. The van der Waals surface area contributed by atoms with Gasteiger partial charge in [0.2, 0.25) is 5.91 Å². The Hall–Kier alpha value is -3.38. The van der Waals surface area contributed by atoms with E-state index in [2.05, 4.69) is 15.6 Å². The summed E-state index contributed by atoms with van der Waals surface area (Å²) in [7, 11) is 0. The molecule has 0 radical (unpaired) electrons. The molecule has 3 N–H and O–H groups in total. The molecule has 4 rings (SSSR count). The zero-order valence-corrected chi connectivity index (χ0v) is 15.8. The summed E-state index contributed by atoms with van der Waals surface area (Å²) in [5, 5.41) is 8.67. The van der Waals surface area contributed by atoms with Gasteiger partial charge in [0.05, 0.1) is 4.88 Å². The van der Waals surface area contributed by atoms with E-state index in [9.17, 15) is 9.59 Å². The predicted molar refractivity (Wildman–Crippen MR) is 113 cm³/mol. The summed E-state index contributed by atoms with van der Waals surface area (Å²) in [4.78, 5) is 29.3. The monoisotopic (exact) mass is 389 g/mol. The third-order valence-electron chi connectivity index (χ3n) is 4.51. The second kappa shape index (κ2) is 8.10. The molecule has 0 bridgehead atoms. The van der Waals surface area contributed by atoms with E-state index in [0.717, 1.165) is 16.5 Å². The van der Waals surface area contributed by atoms with Crippen LogP contribution in [-0.2, 0) is 11.2 Å². The van der Waals surface area contributed by atoms with Gasteiger partial charge in [-0.25, -0.2) is 0 Å². The van der Waals surface area contributed by atoms with Gasteiger partial charge in [0.25, 0.3) is 5.91 Å². The summed E-state index contributed by atoms with van der Waals surface area (Å²) in [5.74, 6) is -0.496. The van der Waals surface area contributed by atoms with Crippen LogP contribution in [0, 0.1) is 0 Å². The molecule has 1 atom stereocenters. The maximum Gasteiger partial charge on any atom is 0.262 e. The largest absolute Gasteiger partial charge is 0.361 e. The van der Waals surface area contributed by atoms with E-state index >= 15 is 0 Å². The number of para-hydroxylation sites is 2. The van der Waals surface area contributed by atoms with Crippen LogP contribution in [0.2, 0.25) is 0 Å². The molecule has 0 aliphatic heterocycles. The number of anilines is 1. The third-order valence-corrected chi connectivity index (χ3v) is 5.38. The predicted octanol–water partition coefficient (Wildman–Crippen LogP) is 4.21. The lowest BCUT2D eigenvalue weighted by Crippen LogP contribution is -2.45. The van der Waals surface area contributed by atoms with Crippen molar-refractivity contribution in [1.29, 1.82) is 0 Å². The lowest BCUT2D eigenvalue weighted by molar-refractivity contribution is -0.118. The van der Waals surface area contributed by atoms with E-state index < -0.39 is 6.04 Å². The van der Waals surface area contributed by atoms with Gasteiger partial charge in [0.15, 0.2) is 0 Å². The highest BCUT2D eigenvalue weighted by atomic mass is 32.1. The molecule has 2 aromatic carbocycles. The number of benzene rings is 2. The highest BCUT2D eigenvalue weighted by molar-refractivity contribution is 7.12. The van der Waals surface area contributed by atoms with Crippen molar-refractivity contribution in [3.8, 4) is 0 Å². The van der Waals surface area contributed by atoms with E-state index in [1.54, 1.807) is 6.07 Å². The first-order valence-electron chi connectivity index (χ1n) is 8.96. The van der Waals surface area contributed by atoms with Crippen LogP contribution >= 0.6 is 11.3 Å². The summed E-state index contributed by atoms with van der Waals surface area (Å²) in [6.07, 6.45) is 2.28. The molecule has 2 heterocycles. The molecule has 0 fully saturated rings. The molecule has 0 aliphatic carbocycles. The van der Waals surface area contributed by atoms with Crippen LogP contribution < -0.4 is 10.6 Å². The van der Waals surface area contributed by atoms with Crippen LogP contribution in [0.3, 0.4) is 0 Å². The van der Waals surface area contributed by atoms with Crippen LogP contribution in [0.1, 0.15) is 15.2 Å². The van der Waals surface area contributed by atoms with E-state index in [-0.39, 0.29) is 11.8 Å². The van der Waals surface area contributed by atoms with Crippen LogP contribution in [0.4, 0.5) is 5.69 Å². The average Bonchev–Trinajstić information content (AvgIpc) is 3.39. The quantitative estimate of drug-likeness (QED) is 0.462. The van der Waals surface area contributed by atoms with Crippen LogP contribution in [-0.4, -0.2) is 22.8 Å². The Morgan fingerprint density at radius 2 is 1.75 bits per heavy atom. The highest BCUT2D eigenvalue weighted by Gasteiger charge is 2.23. The molecule has 0 saturated heterocycles. The Balaban J connectivity index is 1.58. The first kappa shape index (κ1) is 18.0. The first-order chi connectivity index (χ1) is 13.7. The molecule has 140 valence electrons. The van der Waals surface area contributed by atoms with Crippen molar-refractivity contribution in [2.45, 2.75) is 12.5 Å². The second-order valence-corrected chi connectivity index (χ2v) is 7.37. The summed E-state index contributed by atoms with van der Waals surface area (Å²) >= 11 is 1.35. The molecule has 6 heteroatoms. The Morgan fingerprint density at radius 3 is 2.54 bits per heavy atom. The van der Waals surface area contributed by atoms with Crippen molar-refractivity contribution in [3.63, 3.8) is 0 Å². The zero-order valence-electron chi connectivity index (χ0n) is 15.0. The number of aromatic nitrogens is 1. The van der Waals surface area contributed by atoms with Gasteiger partial charge in [-0.3, -0.25) is 9.59 Å². The van der Waals surface area contributed by atoms with Gasteiger partial charge in [0, 0.05) is 29.2 Å². The van der Waals surface area contributed by atoms with Gasteiger partial charge in [-0.15, -0.1) is 11.3 Å². The number of hydrogen-bond acceptors (Lipinski definition) is 3. The minimum absolute atomic E-state index is 0.247. The fourth-order valence-electron chi connectivity index (χ4n) is 3.12. The molecule has 0 saturated carbocycles. The molecule has 0 spiro atoms. The van der Waals surface area contributed by atoms with E-state index in [0.29, 0.717) is 17.0 Å². The standard InChI is InChI=1S/C22H19N3O2S/c26-21(24-16-7-2-1-3-8-16)19(25-22(27)20-11-6-12-28-20)13-15-14-23-18-10-5-4-9-17(15)18/h1-12,14,19,23H,13H2,(H,24,26)(H,25,27)/t19-/m1/s1. The number of aromatic amines is 1. The molecule has 5 nitrogen and oxygen atoms in total. The molecular weight excluding hydrogens is 370 g/mol. The fourth-order valence-corrected chi connectivity index (χ4v) is 3.74. The Labute approximate surface area is 166 Å². The van der Waals surface area contributed by atoms with Crippen molar-refractivity contribution in [2.24, 2.45) is 0 Å². The van der Waals surface area contributed by atoms with E-state index in [4.69, 9.17) is 0 Å². The van der Waals surface area contributed by atoms with Crippen LogP contribution in [0.15, 0.2) is 78.3 Å². The van der Waals surface area contributed by atoms with Crippen LogP contribution in [0.25, 0.3) is 10.9 Å². The highest BCUT2D eigenvalue weighted by Crippen LogP contribution is 2.20. The van der Waals surface area contributed by atoms with Crippen molar-refractivity contribution < 1.29 is 9.59 Å². The van der Waals surface area contributed by atoms with Gasteiger partial charge in [0.1, 0.15) is 6.04 Å². The number of nitrogens with one attached hydrogen (secondary N) is 3. The van der Waals surface area contributed by atoms with E-state index in [1.807, 2.05) is 72.2 Å². The molecule has 0 aliphatic rings. The summed E-state index contributed by atoms with van der Waals surface area (Å²) in [6, 6.07) is 20.0. The number of carbonyl (C=O) groups excluding carboxylic acids is 2. The number of amides is 2. The number of thiophene rings is 1. The molecule has 2 amide bonds. The number of hydrogen-bond donors (Lipinski definition) is 3. The molecule has 28 heavy (non-hydrogen) atoms. The Morgan fingerprint density at radius 1 is 0.964 bits per heavy atom. The third kappa shape index (κ3) is 3.97. The van der Waals surface area contributed by atoms with E-state index in [1.165, 1.54) is 11.3 Å². The second-order valence-electron chi connectivity index (χ2n) is 6.42. The number of H-pyrrole nitrogens is 1.